The zero-order valence-electron chi connectivity index (χ0n) is 9.79. The van der Waals surface area contributed by atoms with Crippen LogP contribution in [-0.2, 0) is 19.2 Å². The first-order valence-electron chi connectivity index (χ1n) is 5.22. The molecule has 10 nitrogen and oxygen atoms in total. The smallest absolute Gasteiger partial charge is 0.432 e. The minimum absolute atomic E-state index is 0.000762. The molecule has 1 aliphatic rings. The molecule has 0 unspecified atom stereocenters. The van der Waals surface area contributed by atoms with Crippen LogP contribution in [0.25, 0.3) is 0 Å². The normalized spacial score (nSPS) is 14.8. The summed E-state index contributed by atoms with van der Waals surface area (Å²) >= 11 is 0. The van der Waals surface area contributed by atoms with Crippen molar-refractivity contribution in [2.45, 2.75) is 19.3 Å². The topological polar surface area (TPSA) is 145 Å². The Balaban J connectivity index is 2.27. The van der Waals surface area contributed by atoms with Gasteiger partial charge in [-0.15, -0.1) is 10.2 Å². The first-order valence-corrected chi connectivity index (χ1v) is 5.22. The van der Waals surface area contributed by atoms with E-state index in [1.807, 2.05) is 0 Å². The third-order valence-corrected chi connectivity index (χ3v) is 1.97. The van der Waals surface area contributed by atoms with E-state index in [-0.39, 0.29) is 31.7 Å². The molecule has 0 radical (unpaired) electrons. The minimum atomic E-state index is -1.21. The van der Waals surface area contributed by atoms with Gasteiger partial charge in [-0.2, -0.15) is 0 Å². The van der Waals surface area contributed by atoms with Gasteiger partial charge in [-0.1, -0.05) is 5.06 Å². The van der Waals surface area contributed by atoms with Crippen molar-refractivity contribution in [3.63, 3.8) is 0 Å². The summed E-state index contributed by atoms with van der Waals surface area (Å²) in [6.07, 6.45) is -0.579. The maximum absolute atomic E-state index is 11.1. The number of ether oxygens (including phenoxy) is 1. The predicted octanol–water partition coefficient (Wildman–Crippen LogP) is 0.630. The van der Waals surface area contributed by atoms with Crippen LogP contribution >= 0.6 is 0 Å². The lowest BCUT2D eigenvalue weighted by Gasteiger charge is -2.11. The number of rotatable bonds is 5. The fourth-order valence-corrected chi connectivity index (χ4v) is 1.14. The number of nitrogens with zero attached hydrogens (tertiary/aromatic N) is 3. The third-order valence-electron chi connectivity index (χ3n) is 1.97. The highest BCUT2D eigenvalue weighted by atomic mass is 16.8. The Morgan fingerprint density at radius 2 is 2.00 bits per heavy atom. The van der Waals surface area contributed by atoms with Gasteiger partial charge in [0.1, 0.15) is 18.8 Å². The Hall–Kier alpha value is -2.65. The van der Waals surface area contributed by atoms with Crippen LogP contribution in [0.15, 0.2) is 10.2 Å². The van der Waals surface area contributed by atoms with E-state index >= 15 is 0 Å². The van der Waals surface area contributed by atoms with E-state index in [1.165, 1.54) is 0 Å². The van der Waals surface area contributed by atoms with Crippen LogP contribution in [0.2, 0.25) is 0 Å². The molecule has 0 aromatic carbocycles. The van der Waals surface area contributed by atoms with Gasteiger partial charge in [-0.25, -0.2) is 4.79 Å². The van der Waals surface area contributed by atoms with E-state index < -0.39 is 18.0 Å². The highest BCUT2D eigenvalue weighted by Crippen LogP contribution is 2.12. The summed E-state index contributed by atoms with van der Waals surface area (Å²) in [6.45, 7) is -0.217. The molecule has 19 heavy (non-hydrogen) atoms. The molecule has 1 aliphatic heterocycles. The van der Waals surface area contributed by atoms with Crippen LogP contribution in [0, 0.1) is 10.8 Å². The lowest BCUT2D eigenvalue weighted by molar-refractivity contribution is -0.177. The summed E-state index contributed by atoms with van der Waals surface area (Å²) in [7, 11) is 0. The van der Waals surface area contributed by atoms with Gasteiger partial charge in [0.15, 0.2) is 0 Å². The SMILES string of the molecule is N=CN=NC(=N)CCOC(=O)ON1C(=O)CCC1=O. The summed E-state index contributed by atoms with van der Waals surface area (Å²) in [6, 6.07) is 0. The second kappa shape index (κ2) is 6.93. The molecule has 0 aromatic heterocycles. The van der Waals surface area contributed by atoms with Gasteiger partial charge in [-0.05, 0) is 0 Å². The highest BCUT2D eigenvalue weighted by Gasteiger charge is 2.33. The summed E-state index contributed by atoms with van der Waals surface area (Å²) in [5, 5.41) is 20.5. The number of hydroxylamine groups is 2. The maximum Gasteiger partial charge on any atom is 0.533 e. The number of amidine groups is 1. The fourth-order valence-electron chi connectivity index (χ4n) is 1.14. The van der Waals surface area contributed by atoms with Crippen molar-refractivity contribution in [2.75, 3.05) is 6.61 Å². The largest absolute Gasteiger partial charge is 0.533 e. The third kappa shape index (κ3) is 4.61. The second-order valence-corrected chi connectivity index (χ2v) is 3.31. The van der Waals surface area contributed by atoms with Crippen LogP contribution in [0.5, 0.6) is 0 Å². The number of hydrogen-bond acceptors (Lipinski definition) is 7. The number of imide groups is 1. The first kappa shape index (κ1) is 14.4. The van der Waals surface area contributed by atoms with Crippen LogP contribution in [0.1, 0.15) is 19.3 Å². The molecule has 0 saturated carbocycles. The summed E-state index contributed by atoms with van der Waals surface area (Å²) in [5.41, 5.74) is 0. The molecule has 0 aromatic rings. The molecular formula is C9H11N5O5. The monoisotopic (exact) mass is 269 g/mol. The lowest BCUT2D eigenvalue weighted by atomic mass is 10.4. The van der Waals surface area contributed by atoms with E-state index in [9.17, 15) is 14.4 Å². The summed E-state index contributed by atoms with van der Waals surface area (Å²) < 4.78 is 4.54. The van der Waals surface area contributed by atoms with Crippen molar-refractivity contribution in [1.29, 1.82) is 10.8 Å². The van der Waals surface area contributed by atoms with Crippen LogP contribution in [0.3, 0.4) is 0 Å². The summed E-state index contributed by atoms with van der Waals surface area (Å²) in [4.78, 5) is 37.8. The maximum atomic E-state index is 11.1. The molecule has 0 bridgehead atoms. The second-order valence-electron chi connectivity index (χ2n) is 3.31. The molecule has 2 N–H and O–H groups in total. The number of nitrogens with one attached hydrogen (secondary N) is 2. The molecular weight excluding hydrogens is 258 g/mol. The molecule has 1 rings (SSSR count). The van der Waals surface area contributed by atoms with E-state index in [0.29, 0.717) is 11.4 Å². The molecule has 1 heterocycles. The number of carbonyl (C=O) groups is 3. The van der Waals surface area contributed by atoms with E-state index in [1.54, 1.807) is 0 Å². The Labute approximate surface area is 107 Å². The van der Waals surface area contributed by atoms with Crippen LogP contribution in [-0.4, -0.2) is 41.8 Å². The van der Waals surface area contributed by atoms with Gasteiger partial charge in [0.2, 0.25) is 0 Å². The molecule has 102 valence electrons. The van der Waals surface area contributed by atoms with Crippen molar-refractivity contribution in [2.24, 2.45) is 10.2 Å². The van der Waals surface area contributed by atoms with Crippen molar-refractivity contribution in [1.82, 2.24) is 5.06 Å². The van der Waals surface area contributed by atoms with E-state index in [4.69, 9.17) is 10.8 Å². The van der Waals surface area contributed by atoms with Crippen molar-refractivity contribution >= 4 is 30.1 Å². The molecule has 2 amide bonds. The van der Waals surface area contributed by atoms with Crippen molar-refractivity contribution in [3.05, 3.63) is 0 Å². The predicted molar refractivity (Wildman–Crippen MR) is 59.5 cm³/mol. The highest BCUT2D eigenvalue weighted by molar-refractivity contribution is 6.01. The average Bonchev–Trinajstić information content (AvgIpc) is 2.68. The van der Waals surface area contributed by atoms with E-state index in [0.717, 1.165) is 0 Å². The summed E-state index contributed by atoms with van der Waals surface area (Å²) in [5.74, 6) is -1.39. The Morgan fingerprint density at radius 3 is 2.58 bits per heavy atom. The molecule has 0 aliphatic carbocycles. The van der Waals surface area contributed by atoms with Gasteiger partial charge in [0.25, 0.3) is 11.8 Å². The fraction of sp³-hybridized carbons (Fsp3) is 0.444. The first-order chi connectivity index (χ1) is 9.04. The Kier molecular flexibility index (Phi) is 5.26. The van der Waals surface area contributed by atoms with Gasteiger partial charge >= 0.3 is 6.16 Å². The molecule has 1 fully saturated rings. The lowest BCUT2D eigenvalue weighted by Crippen LogP contribution is -2.32. The zero-order valence-corrected chi connectivity index (χ0v) is 9.79. The van der Waals surface area contributed by atoms with Gasteiger partial charge in [0, 0.05) is 19.3 Å². The standard InChI is InChI=1S/C9H11N5O5/c10-5-12-13-6(11)3-4-18-9(17)19-14-7(15)1-2-8(14)16/h5,10-11H,1-4H2. The number of carbonyl (C=O) groups excluding carboxylic acids is 3. The molecule has 1 saturated heterocycles. The molecule has 0 spiro atoms. The van der Waals surface area contributed by atoms with E-state index in [2.05, 4.69) is 19.8 Å². The van der Waals surface area contributed by atoms with Gasteiger partial charge in [-0.3, -0.25) is 25.2 Å². The average molecular weight is 269 g/mol. The van der Waals surface area contributed by atoms with Gasteiger partial charge in [0.05, 0.1) is 0 Å². The molecule has 10 heteroatoms. The van der Waals surface area contributed by atoms with Crippen molar-refractivity contribution in [3.8, 4) is 0 Å². The van der Waals surface area contributed by atoms with Gasteiger partial charge < -0.3 is 4.74 Å². The number of hydrogen-bond donors (Lipinski definition) is 2. The van der Waals surface area contributed by atoms with Crippen LogP contribution in [0.4, 0.5) is 4.79 Å². The van der Waals surface area contributed by atoms with Crippen LogP contribution < -0.4 is 0 Å². The minimum Gasteiger partial charge on any atom is -0.432 e. The number of amides is 2. The number of azo groups is 1. The quantitative estimate of drug-likeness (QED) is 0.247. The van der Waals surface area contributed by atoms with Crippen molar-refractivity contribution < 1.29 is 24.0 Å². The molecule has 0 atom stereocenters. The zero-order chi connectivity index (χ0) is 14.3. The Morgan fingerprint density at radius 1 is 1.37 bits per heavy atom. The Bertz CT molecular complexity index is 430.